The molecule has 4 aliphatic rings. The fourth-order valence-corrected chi connectivity index (χ4v) is 7.42. The number of piperazine rings is 1. The standard InChI is InChI=1S/C26H37ClN2O4/c1-24-8-5-9-25(2,32-3)26(24,31)15-20-21(23(30)33-22(20)16-24)17-28-10-12-29(13-11-28)19-7-4-6-18(27)14-19/h4,6-7,14,20-22,31H,5,8-13,15-17H2,1-3H3/t20-,21-,22-,24-,25-,26+/m1/s1. The first-order valence-corrected chi connectivity index (χ1v) is 12.8. The van der Waals surface area contributed by atoms with E-state index in [9.17, 15) is 9.90 Å². The second-order valence-corrected chi connectivity index (χ2v) is 11.6. The molecule has 1 aromatic carbocycles. The third-order valence-electron chi connectivity index (χ3n) is 9.45. The molecule has 33 heavy (non-hydrogen) atoms. The number of nitrogens with zero attached hydrogens (tertiary/aromatic N) is 2. The van der Waals surface area contributed by atoms with Gasteiger partial charge in [-0.2, -0.15) is 0 Å². The quantitative estimate of drug-likeness (QED) is 0.668. The third-order valence-corrected chi connectivity index (χ3v) is 9.69. The van der Waals surface area contributed by atoms with Gasteiger partial charge in [0.1, 0.15) is 6.10 Å². The molecular formula is C26H37ClN2O4. The van der Waals surface area contributed by atoms with Gasteiger partial charge in [-0.05, 0) is 57.2 Å². The number of carbonyl (C=O) groups is 1. The Morgan fingerprint density at radius 2 is 1.94 bits per heavy atom. The van der Waals surface area contributed by atoms with E-state index >= 15 is 0 Å². The molecule has 4 fully saturated rings. The monoisotopic (exact) mass is 476 g/mol. The molecule has 0 bridgehead atoms. The molecule has 2 saturated carbocycles. The minimum absolute atomic E-state index is 0.0362. The van der Waals surface area contributed by atoms with E-state index in [1.54, 1.807) is 7.11 Å². The van der Waals surface area contributed by atoms with Crippen molar-refractivity contribution in [2.24, 2.45) is 17.3 Å². The van der Waals surface area contributed by atoms with Crippen molar-refractivity contribution in [3.63, 3.8) is 0 Å². The van der Waals surface area contributed by atoms with Crippen molar-refractivity contribution >= 4 is 23.3 Å². The zero-order valence-electron chi connectivity index (χ0n) is 20.1. The highest BCUT2D eigenvalue weighted by Gasteiger charge is 2.67. The Morgan fingerprint density at radius 1 is 1.18 bits per heavy atom. The fourth-order valence-electron chi connectivity index (χ4n) is 7.23. The molecule has 2 heterocycles. The van der Waals surface area contributed by atoms with Crippen LogP contribution in [0, 0.1) is 17.3 Å². The van der Waals surface area contributed by atoms with Gasteiger partial charge in [0.25, 0.3) is 0 Å². The summed E-state index contributed by atoms with van der Waals surface area (Å²) in [6, 6.07) is 7.98. The summed E-state index contributed by atoms with van der Waals surface area (Å²) in [6.45, 7) is 8.50. The molecule has 2 aliphatic heterocycles. The zero-order valence-corrected chi connectivity index (χ0v) is 20.8. The van der Waals surface area contributed by atoms with Crippen LogP contribution in [-0.4, -0.2) is 73.1 Å². The summed E-state index contributed by atoms with van der Waals surface area (Å²) in [5.74, 6) is -0.245. The lowest BCUT2D eigenvalue weighted by Crippen LogP contribution is -2.69. The number of ether oxygens (including phenoxy) is 2. The Balaban J connectivity index is 1.28. The van der Waals surface area contributed by atoms with Gasteiger partial charge in [-0.3, -0.25) is 9.69 Å². The summed E-state index contributed by atoms with van der Waals surface area (Å²) in [4.78, 5) is 17.7. The van der Waals surface area contributed by atoms with Crippen molar-refractivity contribution in [3.05, 3.63) is 29.3 Å². The zero-order chi connectivity index (χ0) is 23.4. The number of fused-ring (bicyclic) bond motifs is 2. The molecule has 0 spiro atoms. The first-order valence-electron chi connectivity index (χ1n) is 12.4. The SMILES string of the molecule is CO[C@]1(C)CCC[C@]2(C)C[C@H]3OC(=O)[C@H](CN4CCN(c5cccc(Cl)c5)CC4)[C@H]3C[C@]21O. The molecule has 0 amide bonds. The molecule has 1 N–H and O–H groups in total. The molecule has 0 radical (unpaired) electrons. The van der Waals surface area contributed by atoms with E-state index in [1.807, 2.05) is 25.1 Å². The molecular weight excluding hydrogens is 440 g/mol. The Hall–Kier alpha value is -1.34. The van der Waals surface area contributed by atoms with E-state index in [1.165, 1.54) is 0 Å². The van der Waals surface area contributed by atoms with Gasteiger partial charge in [0, 0.05) is 61.9 Å². The lowest BCUT2D eigenvalue weighted by Gasteiger charge is -2.62. The van der Waals surface area contributed by atoms with Gasteiger partial charge in [-0.25, -0.2) is 0 Å². The fraction of sp³-hybridized carbons (Fsp3) is 0.731. The highest BCUT2D eigenvalue weighted by molar-refractivity contribution is 6.30. The topological polar surface area (TPSA) is 62.2 Å². The largest absolute Gasteiger partial charge is 0.462 e. The summed E-state index contributed by atoms with van der Waals surface area (Å²) in [5, 5.41) is 12.8. The number of aliphatic hydroxyl groups is 1. The van der Waals surface area contributed by atoms with Crippen LogP contribution in [0.3, 0.4) is 0 Å². The molecule has 2 aliphatic carbocycles. The number of esters is 1. The second-order valence-electron chi connectivity index (χ2n) is 11.1. The van der Waals surface area contributed by atoms with Crippen LogP contribution in [0.1, 0.15) is 46.0 Å². The van der Waals surface area contributed by atoms with Crippen LogP contribution in [0.15, 0.2) is 24.3 Å². The number of carbonyl (C=O) groups excluding carboxylic acids is 1. The summed E-state index contributed by atoms with van der Waals surface area (Å²) in [7, 11) is 1.71. The molecule has 7 heteroatoms. The molecule has 182 valence electrons. The average Bonchev–Trinajstić information content (AvgIpc) is 3.07. The lowest BCUT2D eigenvalue weighted by atomic mass is 9.49. The minimum atomic E-state index is -0.953. The summed E-state index contributed by atoms with van der Waals surface area (Å²) in [6.07, 6.45) is 4.00. The average molecular weight is 477 g/mol. The van der Waals surface area contributed by atoms with Gasteiger partial charge in [-0.15, -0.1) is 0 Å². The summed E-state index contributed by atoms with van der Waals surface area (Å²) < 4.78 is 11.9. The van der Waals surface area contributed by atoms with Crippen molar-refractivity contribution < 1.29 is 19.4 Å². The summed E-state index contributed by atoms with van der Waals surface area (Å²) in [5.41, 5.74) is -0.697. The van der Waals surface area contributed by atoms with E-state index in [0.29, 0.717) is 13.0 Å². The van der Waals surface area contributed by atoms with E-state index in [4.69, 9.17) is 21.1 Å². The van der Waals surface area contributed by atoms with Gasteiger partial charge < -0.3 is 19.5 Å². The van der Waals surface area contributed by atoms with Gasteiger partial charge >= 0.3 is 5.97 Å². The highest BCUT2D eigenvalue weighted by Crippen LogP contribution is 2.61. The predicted octanol–water partition coefficient (Wildman–Crippen LogP) is 3.74. The van der Waals surface area contributed by atoms with E-state index in [-0.39, 0.29) is 29.3 Å². The number of halogens is 1. The lowest BCUT2D eigenvalue weighted by molar-refractivity contribution is -0.270. The van der Waals surface area contributed by atoms with Crippen molar-refractivity contribution in [2.45, 2.75) is 63.3 Å². The van der Waals surface area contributed by atoms with Crippen LogP contribution >= 0.6 is 11.6 Å². The Kier molecular flexibility index (Phi) is 5.96. The molecule has 0 unspecified atom stereocenters. The number of methoxy groups -OCH3 is 1. The number of anilines is 1. The van der Waals surface area contributed by atoms with Gasteiger partial charge in [0.2, 0.25) is 0 Å². The second kappa shape index (κ2) is 8.40. The van der Waals surface area contributed by atoms with Gasteiger partial charge in [0.05, 0.1) is 17.1 Å². The van der Waals surface area contributed by atoms with Crippen LogP contribution in [-0.2, 0) is 14.3 Å². The van der Waals surface area contributed by atoms with E-state index in [0.717, 1.165) is 62.6 Å². The highest BCUT2D eigenvalue weighted by atomic mass is 35.5. The van der Waals surface area contributed by atoms with Crippen molar-refractivity contribution in [2.75, 3.05) is 44.7 Å². The van der Waals surface area contributed by atoms with Crippen LogP contribution < -0.4 is 4.90 Å². The van der Waals surface area contributed by atoms with Crippen LogP contribution in [0.25, 0.3) is 0 Å². The molecule has 0 aromatic heterocycles. The maximum atomic E-state index is 13.0. The predicted molar refractivity (Wildman–Crippen MR) is 129 cm³/mol. The van der Waals surface area contributed by atoms with Crippen molar-refractivity contribution in [3.8, 4) is 0 Å². The molecule has 2 saturated heterocycles. The van der Waals surface area contributed by atoms with E-state index in [2.05, 4.69) is 22.8 Å². The Labute approximate surface area is 202 Å². The number of rotatable bonds is 4. The number of hydrogen-bond donors (Lipinski definition) is 1. The first kappa shape index (κ1) is 23.4. The maximum Gasteiger partial charge on any atom is 0.310 e. The molecule has 6 atom stereocenters. The molecule has 6 nitrogen and oxygen atoms in total. The number of hydrogen-bond acceptors (Lipinski definition) is 6. The Bertz CT molecular complexity index is 906. The van der Waals surface area contributed by atoms with Crippen LogP contribution in [0.2, 0.25) is 5.02 Å². The third kappa shape index (κ3) is 3.78. The normalized spacial score (nSPS) is 41.4. The van der Waals surface area contributed by atoms with Gasteiger partial charge in [-0.1, -0.05) is 24.6 Å². The van der Waals surface area contributed by atoms with Crippen LogP contribution in [0.4, 0.5) is 5.69 Å². The minimum Gasteiger partial charge on any atom is -0.462 e. The maximum absolute atomic E-state index is 13.0. The van der Waals surface area contributed by atoms with Crippen molar-refractivity contribution in [1.29, 1.82) is 0 Å². The molecule has 5 rings (SSSR count). The molecule has 1 aromatic rings. The van der Waals surface area contributed by atoms with Crippen molar-refractivity contribution in [1.82, 2.24) is 4.90 Å². The first-order chi connectivity index (χ1) is 15.7. The van der Waals surface area contributed by atoms with E-state index < -0.39 is 11.2 Å². The van der Waals surface area contributed by atoms with Crippen LogP contribution in [0.5, 0.6) is 0 Å². The van der Waals surface area contributed by atoms with Gasteiger partial charge in [0.15, 0.2) is 0 Å². The smallest absolute Gasteiger partial charge is 0.310 e. The Morgan fingerprint density at radius 3 is 2.64 bits per heavy atom. The summed E-state index contributed by atoms with van der Waals surface area (Å²) >= 11 is 6.17. The number of benzene rings is 1.